The van der Waals surface area contributed by atoms with Gasteiger partial charge in [0.2, 0.25) is 0 Å². The average Bonchev–Trinajstić information content (AvgIpc) is 3.16. The molecule has 3 rings (SSSR count). The summed E-state index contributed by atoms with van der Waals surface area (Å²) in [5.41, 5.74) is 2.14. The predicted molar refractivity (Wildman–Crippen MR) is 105 cm³/mol. The van der Waals surface area contributed by atoms with E-state index in [9.17, 15) is 4.79 Å². The fraction of sp³-hybridized carbons (Fsp3) is 0.667. The first-order chi connectivity index (χ1) is 12.8. The standard InChI is InChI=1S/C21H33N3O2/c25-21(22-12-3-2-10-20-11-7-15-26-20)23-19-9-6-8-18(16-19)17-24-13-4-1-5-14-24/h6,8-9,16,20H,1-5,7,10-15,17H2,(H2,22,23,25)/t20-/m1/s1. The number of nitrogens with one attached hydrogen (secondary N) is 2. The van der Waals surface area contributed by atoms with Gasteiger partial charge in [0, 0.05) is 25.4 Å². The minimum atomic E-state index is -0.114. The molecule has 0 aliphatic carbocycles. The van der Waals surface area contributed by atoms with Gasteiger partial charge in [-0.2, -0.15) is 0 Å². The van der Waals surface area contributed by atoms with Gasteiger partial charge in [-0.05, 0) is 75.7 Å². The van der Waals surface area contributed by atoms with Crippen LogP contribution >= 0.6 is 0 Å². The highest BCUT2D eigenvalue weighted by molar-refractivity contribution is 5.89. The van der Waals surface area contributed by atoms with Crippen molar-refractivity contribution in [3.63, 3.8) is 0 Å². The number of carbonyl (C=O) groups excluding carboxylic acids is 1. The van der Waals surface area contributed by atoms with Crippen LogP contribution in [0.3, 0.4) is 0 Å². The molecule has 2 heterocycles. The molecule has 2 aliphatic heterocycles. The lowest BCUT2D eigenvalue weighted by atomic mass is 10.1. The number of urea groups is 1. The van der Waals surface area contributed by atoms with Crippen LogP contribution in [0.25, 0.3) is 0 Å². The van der Waals surface area contributed by atoms with E-state index in [4.69, 9.17) is 4.74 Å². The maximum Gasteiger partial charge on any atom is 0.319 e. The number of anilines is 1. The Morgan fingerprint density at radius 1 is 1.15 bits per heavy atom. The summed E-state index contributed by atoms with van der Waals surface area (Å²) in [7, 11) is 0. The Kier molecular flexibility index (Phi) is 7.77. The third kappa shape index (κ3) is 6.61. The number of ether oxygens (including phenoxy) is 1. The molecular weight excluding hydrogens is 326 g/mol. The quantitative estimate of drug-likeness (QED) is 0.686. The van der Waals surface area contributed by atoms with E-state index in [-0.39, 0.29) is 6.03 Å². The molecule has 2 amide bonds. The number of hydrogen-bond donors (Lipinski definition) is 2. The van der Waals surface area contributed by atoms with Gasteiger partial charge < -0.3 is 15.4 Å². The first-order valence-electron chi connectivity index (χ1n) is 10.3. The maximum atomic E-state index is 12.1. The Morgan fingerprint density at radius 2 is 2.04 bits per heavy atom. The maximum absolute atomic E-state index is 12.1. The molecule has 26 heavy (non-hydrogen) atoms. The largest absolute Gasteiger partial charge is 0.378 e. The highest BCUT2D eigenvalue weighted by atomic mass is 16.5. The summed E-state index contributed by atoms with van der Waals surface area (Å²) in [6, 6.07) is 8.10. The second kappa shape index (κ2) is 10.5. The van der Waals surface area contributed by atoms with Crippen LogP contribution in [0.4, 0.5) is 10.5 Å². The van der Waals surface area contributed by atoms with Crippen LogP contribution in [-0.2, 0) is 11.3 Å². The molecule has 0 unspecified atom stereocenters. The topological polar surface area (TPSA) is 53.6 Å². The number of benzene rings is 1. The second-order valence-electron chi connectivity index (χ2n) is 7.55. The highest BCUT2D eigenvalue weighted by Crippen LogP contribution is 2.18. The number of nitrogens with zero attached hydrogens (tertiary/aromatic N) is 1. The highest BCUT2D eigenvalue weighted by Gasteiger charge is 2.14. The lowest BCUT2D eigenvalue weighted by Crippen LogP contribution is -2.30. The SMILES string of the molecule is O=C(NCCCC[C@@H]1CCCO1)Nc1cccc(CN2CCCCC2)c1. The zero-order valence-corrected chi connectivity index (χ0v) is 15.8. The molecule has 144 valence electrons. The van der Waals surface area contributed by atoms with Gasteiger partial charge >= 0.3 is 6.03 Å². The van der Waals surface area contributed by atoms with Crippen LogP contribution in [0.1, 0.15) is 56.9 Å². The molecule has 0 radical (unpaired) electrons. The van der Waals surface area contributed by atoms with Crippen molar-refractivity contribution < 1.29 is 9.53 Å². The van der Waals surface area contributed by atoms with Crippen LogP contribution in [0, 0.1) is 0 Å². The van der Waals surface area contributed by atoms with Gasteiger partial charge in [-0.3, -0.25) is 4.90 Å². The number of rotatable bonds is 8. The van der Waals surface area contributed by atoms with Crippen molar-refractivity contribution in [1.29, 1.82) is 0 Å². The fourth-order valence-corrected chi connectivity index (χ4v) is 3.87. The smallest absolute Gasteiger partial charge is 0.319 e. The number of unbranched alkanes of at least 4 members (excludes halogenated alkanes) is 1. The molecular formula is C21H33N3O2. The van der Waals surface area contributed by atoms with Crippen molar-refractivity contribution in [3.05, 3.63) is 29.8 Å². The van der Waals surface area contributed by atoms with E-state index in [1.807, 2.05) is 12.1 Å². The van der Waals surface area contributed by atoms with Crippen molar-refractivity contribution in [3.8, 4) is 0 Å². The van der Waals surface area contributed by atoms with E-state index in [1.54, 1.807) is 0 Å². The minimum Gasteiger partial charge on any atom is -0.378 e. The Hall–Kier alpha value is -1.59. The Bertz CT molecular complexity index is 552. The first kappa shape index (κ1) is 19.2. The lowest BCUT2D eigenvalue weighted by molar-refractivity contribution is 0.102. The summed E-state index contributed by atoms with van der Waals surface area (Å²) in [4.78, 5) is 14.6. The van der Waals surface area contributed by atoms with Crippen molar-refractivity contribution in [2.24, 2.45) is 0 Å². The number of carbonyl (C=O) groups is 1. The van der Waals surface area contributed by atoms with Gasteiger partial charge in [-0.1, -0.05) is 18.6 Å². The van der Waals surface area contributed by atoms with E-state index < -0.39 is 0 Å². The Balaban J connectivity index is 1.33. The number of likely N-dealkylation sites (tertiary alicyclic amines) is 1. The molecule has 2 N–H and O–H groups in total. The van der Waals surface area contributed by atoms with E-state index in [0.717, 1.165) is 38.1 Å². The van der Waals surface area contributed by atoms with E-state index in [2.05, 4.69) is 27.7 Å². The van der Waals surface area contributed by atoms with Crippen molar-refractivity contribution in [2.45, 2.75) is 64.0 Å². The first-order valence-corrected chi connectivity index (χ1v) is 10.3. The van der Waals surface area contributed by atoms with Gasteiger partial charge in [0.05, 0.1) is 6.10 Å². The fourth-order valence-electron chi connectivity index (χ4n) is 3.87. The molecule has 1 aromatic carbocycles. The van der Waals surface area contributed by atoms with Crippen LogP contribution in [-0.4, -0.2) is 43.3 Å². The molecule has 2 fully saturated rings. The predicted octanol–water partition coefficient (Wildman–Crippen LogP) is 4.14. The third-order valence-electron chi connectivity index (χ3n) is 5.30. The number of amides is 2. The van der Waals surface area contributed by atoms with E-state index in [0.29, 0.717) is 12.6 Å². The zero-order chi connectivity index (χ0) is 18.0. The summed E-state index contributed by atoms with van der Waals surface area (Å²) >= 11 is 0. The molecule has 0 saturated carbocycles. The van der Waals surface area contributed by atoms with Crippen LogP contribution < -0.4 is 10.6 Å². The zero-order valence-electron chi connectivity index (χ0n) is 15.8. The second-order valence-corrected chi connectivity index (χ2v) is 7.55. The molecule has 2 saturated heterocycles. The Morgan fingerprint density at radius 3 is 2.85 bits per heavy atom. The van der Waals surface area contributed by atoms with Gasteiger partial charge in [0.15, 0.2) is 0 Å². The lowest BCUT2D eigenvalue weighted by Gasteiger charge is -2.26. The minimum absolute atomic E-state index is 0.114. The molecule has 1 atom stereocenters. The van der Waals surface area contributed by atoms with Gasteiger partial charge in [0.25, 0.3) is 0 Å². The molecule has 0 spiro atoms. The molecule has 1 aromatic rings. The summed E-state index contributed by atoms with van der Waals surface area (Å²) in [6.45, 7) is 4.97. The molecule has 5 nitrogen and oxygen atoms in total. The number of piperidine rings is 1. The summed E-state index contributed by atoms with van der Waals surface area (Å²) in [6.07, 6.45) is 10.0. The van der Waals surface area contributed by atoms with Crippen LogP contribution in [0.15, 0.2) is 24.3 Å². The molecule has 0 bridgehead atoms. The molecule has 5 heteroatoms. The normalized spacial score (nSPS) is 20.8. The molecule has 2 aliphatic rings. The van der Waals surface area contributed by atoms with E-state index >= 15 is 0 Å². The Labute approximate surface area is 157 Å². The third-order valence-corrected chi connectivity index (χ3v) is 5.30. The summed E-state index contributed by atoms with van der Waals surface area (Å²) in [5, 5.41) is 5.91. The van der Waals surface area contributed by atoms with Crippen molar-refractivity contribution in [2.75, 3.05) is 31.6 Å². The van der Waals surface area contributed by atoms with Gasteiger partial charge in [-0.15, -0.1) is 0 Å². The van der Waals surface area contributed by atoms with Gasteiger partial charge in [-0.25, -0.2) is 4.79 Å². The van der Waals surface area contributed by atoms with Crippen LogP contribution in [0.2, 0.25) is 0 Å². The van der Waals surface area contributed by atoms with Crippen LogP contribution in [0.5, 0.6) is 0 Å². The summed E-state index contributed by atoms with van der Waals surface area (Å²) < 4.78 is 5.62. The van der Waals surface area contributed by atoms with E-state index in [1.165, 1.54) is 50.8 Å². The van der Waals surface area contributed by atoms with Crippen molar-refractivity contribution in [1.82, 2.24) is 10.2 Å². The summed E-state index contributed by atoms with van der Waals surface area (Å²) in [5.74, 6) is 0. The molecule has 0 aromatic heterocycles. The van der Waals surface area contributed by atoms with Crippen molar-refractivity contribution >= 4 is 11.7 Å². The number of hydrogen-bond acceptors (Lipinski definition) is 3. The average molecular weight is 360 g/mol. The van der Waals surface area contributed by atoms with Gasteiger partial charge in [0.1, 0.15) is 0 Å². The monoisotopic (exact) mass is 359 g/mol.